The molecule has 1 aliphatic heterocycles. The predicted molar refractivity (Wildman–Crippen MR) is 110 cm³/mol. The number of nitrogens with one attached hydrogen (secondary N) is 1. The molecule has 0 unspecified atom stereocenters. The number of halogens is 1. The van der Waals surface area contributed by atoms with Gasteiger partial charge in [-0.2, -0.15) is 0 Å². The number of fused-ring (bicyclic) bond motifs is 1. The summed E-state index contributed by atoms with van der Waals surface area (Å²) in [6, 6.07) is 18.9. The van der Waals surface area contributed by atoms with E-state index in [1.807, 2.05) is 12.1 Å². The van der Waals surface area contributed by atoms with E-state index in [0.29, 0.717) is 29.9 Å². The van der Waals surface area contributed by atoms with Crippen LogP contribution in [0.4, 0.5) is 15.8 Å². The first-order chi connectivity index (χ1) is 13.9. The third kappa shape index (κ3) is 3.86. The summed E-state index contributed by atoms with van der Waals surface area (Å²) in [5.41, 5.74) is 2.45. The summed E-state index contributed by atoms with van der Waals surface area (Å²) >= 11 is 0. The van der Waals surface area contributed by atoms with Crippen molar-refractivity contribution in [2.45, 2.75) is 17.7 Å². The van der Waals surface area contributed by atoms with Crippen LogP contribution in [0.2, 0.25) is 0 Å². The van der Waals surface area contributed by atoms with Gasteiger partial charge in [-0.15, -0.1) is 0 Å². The smallest absolute Gasteiger partial charge is 0.264 e. The molecular weight excluding hydrogens is 391 g/mol. The first kappa shape index (κ1) is 19.1. The zero-order valence-electron chi connectivity index (χ0n) is 15.5. The molecule has 3 aromatic carbocycles. The minimum Gasteiger partial charge on any atom is -0.322 e. The third-order valence-corrected chi connectivity index (χ3v) is 6.68. The molecule has 0 radical (unpaired) electrons. The molecule has 1 N–H and O–H groups in total. The van der Waals surface area contributed by atoms with Gasteiger partial charge in [0.2, 0.25) is 0 Å². The second-order valence-electron chi connectivity index (χ2n) is 6.80. The van der Waals surface area contributed by atoms with E-state index < -0.39 is 15.8 Å². The SMILES string of the molecule is O=C(Nc1ccc2c(c1)N(S(=O)(=O)c1ccc(F)cc1)CCC2)c1ccccc1. The van der Waals surface area contributed by atoms with Gasteiger partial charge in [-0.05, 0) is 66.9 Å². The summed E-state index contributed by atoms with van der Waals surface area (Å²) in [5.74, 6) is -0.761. The van der Waals surface area contributed by atoms with Crippen molar-refractivity contribution in [1.82, 2.24) is 0 Å². The Labute approximate surface area is 168 Å². The summed E-state index contributed by atoms with van der Waals surface area (Å²) < 4.78 is 40.8. The van der Waals surface area contributed by atoms with Crippen molar-refractivity contribution in [3.05, 3.63) is 89.7 Å². The topological polar surface area (TPSA) is 66.5 Å². The first-order valence-corrected chi connectivity index (χ1v) is 10.7. The maximum atomic E-state index is 13.2. The van der Waals surface area contributed by atoms with Gasteiger partial charge in [-0.25, -0.2) is 12.8 Å². The van der Waals surface area contributed by atoms with Gasteiger partial charge in [0.05, 0.1) is 10.6 Å². The molecule has 29 heavy (non-hydrogen) atoms. The molecule has 5 nitrogen and oxygen atoms in total. The van der Waals surface area contributed by atoms with Gasteiger partial charge >= 0.3 is 0 Å². The van der Waals surface area contributed by atoms with Crippen molar-refractivity contribution in [2.24, 2.45) is 0 Å². The molecular formula is C22H19FN2O3S. The Bertz CT molecular complexity index is 1150. The summed E-state index contributed by atoms with van der Waals surface area (Å²) in [5, 5.41) is 2.82. The lowest BCUT2D eigenvalue weighted by molar-refractivity contribution is 0.102. The van der Waals surface area contributed by atoms with Crippen molar-refractivity contribution >= 4 is 27.3 Å². The number of aryl methyl sites for hydroxylation is 1. The standard InChI is InChI=1S/C22H19FN2O3S/c23-18-9-12-20(13-10-18)29(27,28)25-14-4-7-16-8-11-19(15-21(16)25)24-22(26)17-5-2-1-3-6-17/h1-3,5-6,8-13,15H,4,7,14H2,(H,24,26). The Kier molecular flexibility index (Phi) is 5.07. The fourth-order valence-electron chi connectivity index (χ4n) is 3.39. The molecule has 1 aliphatic rings. The highest BCUT2D eigenvalue weighted by Crippen LogP contribution is 2.34. The average molecular weight is 410 g/mol. The number of nitrogens with zero attached hydrogens (tertiary/aromatic N) is 1. The number of hydrogen-bond acceptors (Lipinski definition) is 3. The van der Waals surface area contributed by atoms with E-state index in [9.17, 15) is 17.6 Å². The number of carbonyl (C=O) groups excluding carboxylic acids is 1. The van der Waals surface area contributed by atoms with Gasteiger partial charge in [0.1, 0.15) is 5.82 Å². The fraction of sp³-hybridized carbons (Fsp3) is 0.136. The number of rotatable bonds is 4. The second-order valence-corrected chi connectivity index (χ2v) is 8.66. The molecule has 0 aromatic heterocycles. The normalized spacial score (nSPS) is 13.6. The molecule has 0 aliphatic carbocycles. The summed E-state index contributed by atoms with van der Waals surface area (Å²) in [4.78, 5) is 12.5. The largest absolute Gasteiger partial charge is 0.322 e. The average Bonchev–Trinajstić information content (AvgIpc) is 2.74. The van der Waals surface area contributed by atoms with Crippen LogP contribution in [0, 0.1) is 5.82 Å². The van der Waals surface area contributed by atoms with Gasteiger partial charge in [0.25, 0.3) is 15.9 Å². The monoisotopic (exact) mass is 410 g/mol. The number of amides is 1. The Hall–Kier alpha value is -3.19. The second kappa shape index (κ2) is 7.67. The maximum absolute atomic E-state index is 13.2. The van der Waals surface area contributed by atoms with Crippen LogP contribution in [0.15, 0.2) is 77.7 Å². The van der Waals surface area contributed by atoms with Gasteiger partial charge in [0, 0.05) is 17.8 Å². The lowest BCUT2D eigenvalue weighted by Gasteiger charge is -2.31. The van der Waals surface area contributed by atoms with E-state index in [0.717, 1.165) is 24.1 Å². The molecule has 4 rings (SSSR count). The molecule has 0 saturated heterocycles. The van der Waals surface area contributed by atoms with Gasteiger partial charge < -0.3 is 5.32 Å². The molecule has 0 atom stereocenters. The molecule has 1 amide bonds. The predicted octanol–water partition coefficient (Wildman–Crippen LogP) is 4.22. The highest BCUT2D eigenvalue weighted by Gasteiger charge is 2.29. The van der Waals surface area contributed by atoms with E-state index in [-0.39, 0.29) is 10.8 Å². The fourth-order valence-corrected chi connectivity index (χ4v) is 4.93. The summed E-state index contributed by atoms with van der Waals surface area (Å²) in [6.07, 6.45) is 1.43. The molecule has 0 bridgehead atoms. The van der Waals surface area contributed by atoms with Crippen LogP contribution in [0.25, 0.3) is 0 Å². The van der Waals surface area contributed by atoms with Gasteiger partial charge in [-0.1, -0.05) is 24.3 Å². The van der Waals surface area contributed by atoms with Crippen molar-refractivity contribution in [3.8, 4) is 0 Å². The van der Waals surface area contributed by atoms with Crippen molar-refractivity contribution in [3.63, 3.8) is 0 Å². The molecule has 7 heteroatoms. The maximum Gasteiger partial charge on any atom is 0.264 e. The van der Waals surface area contributed by atoms with Crippen LogP contribution in [0.3, 0.4) is 0 Å². The highest BCUT2D eigenvalue weighted by molar-refractivity contribution is 7.92. The van der Waals surface area contributed by atoms with Crippen LogP contribution < -0.4 is 9.62 Å². The van der Waals surface area contributed by atoms with Crippen molar-refractivity contribution in [2.75, 3.05) is 16.2 Å². The van der Waals surface area contributed by atoms with Crippen LogP contribution in [-0.2, 0) is 16.4 Å². The lowest BCUT2D eigenvalue weighted by Crippen LogP contribution is -2.35. The number of hydrogen-bond donors (Lipinski definition) is 1. The van der Waals surface area contributed by atoms with Crippen LogP contribution in [0.5, 0.6) is 0 Å². The zero-order valence-corrected chi connectivity index (χ0v) is 16.3. The van der Waals surface area contributed by atoms with E-state index >= 15 is 0 Å². The molecule has 148 valence electrons. The van der Waals surface area contributed by atoms with Gasteiger partial charge in [-0.3, -0.25) is 9.10 Å². The number of sulfonamides is 1. The van der Waals surface area contributed by atoms with E-state index in [1.54, 1.807) is 36.4 Å². The molecule has 3 aromatic rings. The van der Waals surface area contributed by atoms with Crippen LogP contribution in [0.1, 0.15) is 22.3 Å². The Morgan fingerprint density at radius 2 is 1.69 bits per heavy atom. The Morgan fingerprint density at radius 3 is 2.41 bits per heavy atom. The van der Waals surface area contributed by atoms with E-state index in [1.165, 1.54) is 16.4 Å². The third-order valence-electron chi connectivity index (χ3n) is 4.86. The van der Waals surface area contributed by atoms with E-state index in [4.69, 9.17) is 0 Å². The van der Waals surface area contributed by atoms with E-state index in [2.05, 4.69) is 5.32 Å². The lowest BCUT2D eigenvalue weighted by atomic mass is 10.0. The number of anilines is 2. The molecule has 0 saturated carbocycles. The number of benzene rings is 3. The molecule has 0 spiro atoms. The first-order valence-electron chi connectivity index (χ1n) is 9.23. The van der Waals surface area contributed by atoms with Gasteiger partial charge in [0.15, 0.2) is 0 Å². The summed E-state index contributed by atoms with van der Waals surface area (Å²) in [6.45, 7) is 0.322. The van der Waals surface area contributed by atoms with Crippen LogP contribution >= 0.6 is 0 Å². The highest BCUT2D eigenvalue weighted by atomic mass is 32.2. The number of carbonyl (C=O) groups is 1. The summed E-state index contributed by atoms with van der Waals surface area (Å²) in [7, 11) is -3.84. The minimum atomic E-state index is -3.84. The molecule has 0 fully saturated rings. The zero-order chi connectivity index (χ0) is 20.4. The van der Waals surface area contributed by atoms with Crippen molar-refractivity contribution < 1.29 is 17.6 Å². The van der Waals surface area contributed by atoms with Crippen LogP contribution in [-0.4, -0.2) is 20.9 Å². The Morgan fingerprint density at radius 1 is 0.966 bits per heavy atom. The Balaban J connectivity index is 1.67. The quantitative estimate of drug-likeness (QED) is 0.700. The minimum absolute atomic E-state index is 0.0328. The molecule has 1 heterocycles. The van der Waals surface area contributed by atoms with Crippen molar-refractivity contribution in [1.29, 1.82) is 0 Å².